The molecule has 0 radical (unpaired) electrons. The van der Waals surface area contributed by atoms with Crippen molar-refractivity contribution in [3.8, 4) is 0 Å². The molecular weight excluding hydrogens is 378 g/mol. The van der Waals surface area contributed by atoms with Crippen LogP contribution >= 0.6 is 0 Å². The summed E-state index contributed by atoms with van der Waals surface area (Å²) >= 11 is 0. The fourth-order valence-corrected chi connectivity index (χ4v) is 3.34. The number of aromatic nitrogens is 2. The van der Waals surface area contributed by atoms with Crippen LogP contribution in [0.3, 0.4) is 0 Å². The normalized spacial score (nSPS) is 10.7. The van der Waals surface area contributed by atoms with Gasteiger partial charge in [-0.15, -0.1) is 0 Å². The molecule has 2 aromatic carbocycles. The molecule has 0 aliphatic heterocycles. The van der Waals surface area contributed by atoms with Gasteiger partial charge < -0.3 is 9.88 Å². The molecule has 2 aromatic heterocycles. The zero-order chi connectivity index (χ0) is 21.1. The molecule has 2 heterocycles. The lowest BCUT2D eigenvalue weighted by molar-refractivity contribution is -0.116. The zero-order valence-electron chi connectivity index (χ0n) is 16.3. The summed E-state index contributed by atoms with van der Waals surface area (Å²) in [4.78, 5) is 42.6. The second-order valence-corrected chi connectivity index (χ2v) is 7.00. The number of hydrogen-bond donors (Lipinski definition) is 1. The van der Waals surface area contributed by atoms with Crippen molar-refractivity contribution in [2.24, 2.45) is 0 Å². The molecule has 30 heavy (non-hydrogen) atoms. The molecule has 0 spiro atoms. The molecule has 148 valence electrons. The van der Waals surface area contributed by atoms with E-state index in [4.69, 9.17) is 0 Å². The molecule has 0 fully saturated rings. The number of carbonyl (C=O) groups is 2. The van der Waals surface area contributed by atoms with Crippen LogP contribution in [0.25, 0.3) is 10.9 Å². The first-order valence-corrected chi connectivity index (χ1v) is 9.46. The SMILES string of the molecule is Cc1ccc2c(c1)c(=O)c(C(=O)c1ccncc1)cn2CC(=O)Nc1ccccc1. The smallest absolute Gasteiger partial charge is 0.244 e. The van der Waals surface area contributed by atoms with Crippen LogP contribution in [0.4, 0.5) is 5.69 Å². The highest BCUT2D eigenvalue weighted by Crippen LogP contribution is 2.17. The fraction of sp³-hybridized carbons (Fsp3) is 0.0833. The molecule has 0 atom stereocenters. The quantitative estimate of drug-likeness (QED) is 0.522. The molecule has 0 aliphatic carbocycles. The number of anilines is 1. The summed E-state index contributed by atoms with van der Waals surface area (Å²) < 4.78 is 1.64. The number of nitrogens with one attached hydrogen (secondary N) is 1. The summed E-state index contributed by atoms with van der Waals surface area (Å²) in [6.07, 6.45) is 4.47. The summed E-state index contributed by atoms with van der Waals surface area (Å²) in [5.41, 5.74) is 2.21. The first-order valence-electron chi connectivity index (χ1n) is 9.46. The number of amides is 1. The van der Waals surface area contributed by atoms with Crippen molar-refractivity contribution >= 4 is 28.3 Å². The third-order valence-electron chi connectivity index (χ3n) is 4.79. The van der Waals surface area contributed by atoms with E-state index in [1.54, 1.807) is 41.0 Å². The number of para-hydroxylation sites is 1. The lowest BCUT2D eigenvalue weighted by Gasteiger charge is -2.14. The Labute approximate surface area is 172 Å². The van der Waals surface area contributed by atoms with E-state index in [-0.39, 0.29) is 23.4 Å². The Morgan fingerprint density at radius 2 is 1.73 bits per heavy atom. The first kappa shape index (κ1) is 19.3. The van der Waals surface area contributed by atoms with E-state index in [0.29, 0.717) is 22.2 Å². The number of carbonyl (C=O) groups excluding carboxylic acids is 2. The highest BCUT2D eigenvalue weighted by molar-refractivity contribution is 6.10. The summed E-state index contributed by atoms with van der Waals surface area (Å²) in [6, 6.07) is 17.7. The molecule has 1 amide bonds. The molecule has 4 aromatic rings. The Kier molecular flexibility index (Phi) is 5.22. The average molecular weight is 397 g/mol. The van der Waals surface area contributed by atoms with Gasteiger partial charge in [0.2, 0.25) is 11.3 Å². The number of pyridine rings is 2. The number of benzene rings is 2. The standard InChI is InChI=1S/C24H19N3O3/c1-16-7-8-21-19(13-16)24(30)20(23(29)17-9-11-25-12-10-17)14-27(21)15-22(28)26-18-5-3-2-4-6-18/h2-14H,15H2,1H3,(H,26,28). The van der Waals surface area contributed by atoms with E-state index in [2.05, 4.69) is 10.3 Å². The van der Waals surface area contributed by atoms with Gasteiger partial charge >= 0.3 is 0 Å². The van der Waals surface area contributed by atoms with Crippen molar-refractivity contribution in [1.29, 1.82) is 0 Å². The minimum absolute atomic E-state index is 0.0202. The van der Waals surface area contributed by atoms with Gasteiger partial charge in [0, 0.05) is 35.2 Å². The molecule has 1 N–H and O–H groups in total. The molecule has 0 saturated heterocycles. The second-order valence-electron chi connectivity index (χ2n) is 7.00. The van der Waals surface area contributed by atoms with Crippen molar-refractivity contribution in [3.63, 3.8) is 0 Å². The second kappa shape index (κ2) is 8.13. The van der Waals surface area contributed by atoms with Crippen LogP contribution in [0, 0.1) is 6.92 Å². The number of aryl methyl sites for hydroxylation is 1. The van der Waals surface area contributed by atoms with E-state index in [0.717, 1.165) is 5.56 Å². The van der Waals surface area contributed by atoms with Crippen molar-refractivity contribution < 1.29 is 9.59 Å². The Morgan fingerprint density at radius 1 is 1.00 bits per heavy atom. The minimum Gasteiger partial charge on any atom is -0.337 e. The van der Waals surface area contributed by atoms with Gasteiger partial charge in [0.15, 0.2) is 5.78 Å². The summed E-state index contributed by atoms with van der Waals surface area (Å²) in [5, 5.41) is 3.24. The van der Waals surface area contributed by atoms with E-state index < -0.39 is 5.78 Å². The summed E-state index contributed by atoms with van der Waals surface area (Å²) in [5.74, 6) is -0.656. The van der Waals surface area contributed by atoms with Gasteiger partial charge in [-0.05, 0) is 43.3 Å². The molecule has 6 nitrogen and oxygen atoms in total. The molecule has 0 saturated carbocycles. The van der Waals surface area contributed by atoms with Gasteiger partial charge in [-0.2, -0.15) is 0 Å². The Balaban J connectivity index is 1.78. The van der Waals surface area contributed by atoms with Gasteiger partial charge in [-0.25, -0.2) is 0 Å². The number of nitrogens with zero attached hydrogens (tertiary/aromatic N) is 2. The predicted octanol–water partition coefficient (Wildman–Crippen LogP) is 3.57. The number of rotatable bonds is 5. The van der Waals surface area contributed by atoms with E-state index in [1.807, 2.05) is 31.2 Å². The average Bonchev–Trinajstić information content (AvgIpc) is 2.76. The number of fused-ring (bicyclic) bond motifs is 1. The van der Waals surface area contributed by atoms with E-state index in [1.165, 1.54) is 18.6 Å². The van der Waals surface area contributed by atoms with Gasteiger partial charge in [0.05, 0.1) is 11.1 Å². The largest absolute Gasteiger partial charge is 0.337 e. The Morgan fingerprint density at radius 3 is 2.47 bits per heavy atom. The minimum atomic E-state index is -0.400. The molecule has 6 heteroatoms. The maximum Gasteiger partial charge on any atom is 0.244 e. The van der Waals surface area contributed by atoms with Crippen molar-refractivity contribution in [2.45, 2.75) is 13.5 Å². The van der Waals surface area contributed by atoms with Gasteiger partial charge in [0.1, 0.15) is 6.54 Å². The van der Waals surface area contributed by atoms with Crippen LogP contribution < -0.4 is 10.7 Å². The zero-order valence-corrected chi connectivity index (χ0v) is 16.3. The van der Waals surface area contributed by atoms with E-state index in [9.17, 15) is 14.4 Å². The molecule has 0 aliphatic rings. The lowest BCUT2D eigenvalue weighted by Crippen LogP contribution is -2.24. The van der Waals surface area contributed by atoms with Crippen LogP contribution in [0.15, 0.2) is 84.0 Å². The van der Waals surface area contributed by atoms with Crippen molar-refractivity contribution in [1.82, 2.24) is 9.55 Å². The van der Waals surface area contributed by atoms with Crippen LogP contribution in [-0.2, 0) is 11.3 Å². The highest BCUT2D eigenvalue weighted by atomic mass is 16.2. The van der Waals surface area contributed by atoms with E-state index >= 15 is 0 Å². The number of ketones is 1. The Bertz CT molecular complexity index is 1300. The van der Waals surface area contributed by atoms with Crippen molar-refractivity contribution in [3.05, 3.63) is 106 Å². The first-order chi connectivity index (χ1) is 14.5. The van der Waals surface area contributed by atoms with Crippen LogP contribution in [0.2, 0.25) is 0 Å². The van der Waals surface area contributed by atoms with Gasteiger partial charge in [0.25, 0.3) is 0 Å². The van der Waals surface area contributed by atoms with Crippen LogP contribution in [0.1, 0.15) is 21.5 Å². The van der Waals surface area contributed by atoms with Gasteiger partial charge in [-0.1, -0.05) is 29.8 Å². The summed E-state index contributed by atoms with van der Waals surface area (Å²) in [6.45, 7) is 1.84. The molecule has 0 bridgehead atoms. The predicted molar refractivity (Wildman–Crippen MR) is 116 cm³/mol. The van der Waals surface area contributed by atoms with Crippen LogP contribution in [-0.4, -0.2) is 21.2 Å². The third kappa shape index (κ3) is 3.89. The number of hydrogen-bond acceptors (Lipinski definition) is 4. The van der Waals surface area contributed by atoms with Crippen molar-refractivity contribution in [2.75, 3.05) is 5.32 Å². The fourth-order valence-electron chi connectivity index (χ4n) is 3.34. The molecule has 4 rings (SSSR count). The maximum atomic E-state index is 13.1. The molecule has 0 unspecified atom stereocenters. The van der Waals surface area contributed by atoms with Crippen LogP contribution in [0.5, 0.6) is 0 Å². The lowest BCUT2D eigenvalue weighted by atomic mass is 10.0. The molecular formula is C24H19N3O3. The van der Waals surface area contributed by atoms with Gasteiger partial charge in [-0.3, -0.25) is 19.4 Å². The Hall–Kier alpha value is -4.06. The topological polar surface area (TPSA) is 81.1 Å². The maximum absolute atomic E-state index is 13.1. The third-order valence-corrected chi connectivity index (χ3v) is 4.79. The summed E-state index contributed by atoms with van der Waals surface area (Å²) in [7, 11) is 0. The monoisotopic (exact) mass is 397 g/mol. The highest BCUT2D eigenvalue weighted by Gasteiger charge is 2.18.